The lowest BCUT2D eigenvalue weighted by molar-refractivity contribution is 0.249. The minimum absolute atomic E-state index is 0.239. The Kier molecular flexibility index (Phi) is 3.78. The van der Waals surface area contributed by atoms with Crippen molar-refractivity contribution in [3.8, 4) is 11.4 Å². The van der Waals surface area contributed by atoms with E-state index in [1.807, 2.05) is 0 Å². The Morgan fingerprint density at radius 3 is 2.95 bits per heavy atom. The topological polar surface area (TPSA) is 64.9 Å². The average molecular weight is 275 g/mol. The molecule has 1 fully saturated rings. The molecule has 2 atom stereocenters. The molecule has 1 aliphatic carbocycles. The van der Waals surface area contributed by atoms with Crippen LogP contribution in [0.25, 0.3) is 11.4 Å². The average Bonchev–Trinajstić information content (AvgIpc) is 2.97. The van der Waals surface area contributed by atoms with E-state index >= 15 is 0 Å². The van der Waals surface area contributed by atoms with Gasteiger partial charge in [0.05, 0.1) is 0 Å². The van der Waals surface area contributed by atoms with E-state index in [2.05, 4.69) is 10.1 Å². The Bertz CT molecular complexity index is 584. The van der Waals surface area contributed by atoms with Gasteiger partial charge in [-0.3, -0.25) is 0 Å². The SMILES string of the molecule is NCC1CCCCC1c1nc(-c2cccc(F)c2)no1. The van der Waals surface area contributed by atoms with Crippen LogP contribution in [0.2, 0.25) is 0 Å². The van der Waals surface area contributed by atoms with Crippen molar-refractivity contribution >= 4 is 0 Å². The highest BCUT2D eigenvalue weighted by Gasteiger charge is 2.30. The molecule has 4 nitrogen and oxygen atoms in total. The molecule has 1 aliphatic rings. The van der Waals surface area contributed by atoms with Crippen molar-refractivity contribution in [1.82, 2.24) is 10.1 Å². The van der Waals surface area contributed by atoms with Gasteiger partial charge in [0.2, 0.25) is 11.7 Å². The molecule has 1 aromatic heterocycles. The van der Waals surface area contributed by atoms with Crippen LogP contribution in [0.1, 0.15) is 37.5 Å². The minimum Gasteiger partial charge on any atom is -0.339 e. The summed E-state index contributed by atoms with van der Waals surface area (Å²) in [5.41, 5.74) is 6.47. The normalized spacial score (nSPS) is 22.9. The molecule has 1 heterocycles. The fraction of sp³-hybridized carbons (Fsp3) is 0.467. The van der Waals surface area contributed by atoms with Gasteiger partial charge in [-0.05, 0) is 37.4 Å². The summed E-state index contributed by atoms with van der Waals surface area (Å²) in [5.74, 6) is 1.43. The van der Waals surface area contributed by atoms with Gasteiger partial charge in [-0.25, -0.2) is 4.39 Å². The number of hydrogen-bond donors (Lipinski definition) is 1. The van der Waals surface area contributed by atoms with Crippen LogP contribution in [0, 0.1) is 11.7 Å². The first kappa shape index (κ1) is 13.2. The predicted molar refractivity (Wildman–Crippen MR) is 73.4 cm³/mol. The second-order valence-electron chi connectivity index (χ2n) is 5.35. The Morgan fingerprint density at radius 2 is 2.15 bits per heavy atom. The summed E-state index contributed by atoms with van der Waals surface area (Å²) in [7, 11) is 0. The van der Waals surface area contributed by atoms with Crippen LogP contribution in [0.4, 0.5) is 4.39 Å². The molecule has 106 valence electrons. The molecule has 2 N–H and O–H groups in total. The van der Waals surface area contributed by atoms with E-state index < -0.39 is 0 Å². The van der Waals surface area contributed by atoms with Gasteiger partial charge in [-0.2, -0.15) is 4.98 Å². The Morgan fingerprint density at radius 1 is 1.30 bits per heavy atom. The number of rotatable bonds is 3. The number of aromatic nitrogens is 2. The third-order valence-electron chi connectivity index (χ3n) is 4.05. The number of hydrogen-bond acceptors (Lipinski definition) is 4. The van der Waals surface area contributed by atoms with Gasteiger partial charge in [0.1, 0.15) is 5.82 Å². The molecule has 0 aliphatic heterocycles. The molecule has 3 rings (SSSR count). The lowest BCUT2D eigenvalue weighted by Crippen LogP contribution is -2.25. The van der Waals surface area contributed by atoms with Gasteiger partial charge in [0.25, 0.3) is 0 Å². The lowest BCUT2D eigenvalue weighted by atomic mass is 9.79. The summed E-state index contributed by atoms with van der Waals surface area (Å²) in [5, 5.41) is 3.98. The van der Waals surface area contributed by atoms with Crippen LogP contribution in [0.3, 0.4) is 0 Å². The summed E-state index contributed by atoms with van der Waals surface area (Å²) in [6, 6.07) is 6.23. The molecule has 0 radical (unpaired) electrons. The highest BCUT2D eigenvalue weighted by molar-refractivity contribution is 5.53. The van der Waals surface area contributed by atoms with Crippen molar-refractivity contribution in [3.05, 3.63) is 36.0 Å². The molecule has 0 spiro atoms. The van der Waals surface area contributed by atoms with E-state index in [0.29, 0.717) is 29.7 Å². The molecule has 0 amide bonds. The largest absolute Gasteiger partial charge is 0.339 e. The van der Waals surface area contributed by atoms with Gasteiger partial charge in [0.15, 0.2) is 0 Å². The van der Waals surface area contributed by atoms with Crippen LogP contribution in [0.15, 0.2) is 28.8 Å². The number of halogens is 1. The van der Waals surface area contributed by atoms with Crippen molar-refractivity contribution in [3.63, 3.8) is 0 Å². The molecule has 20 heavy (non-hydrogen) atoms. The zero-order valence-corrected chi connectivity index (χ0v) is 11.3. The zero-order chi connectivity index (χ0) is 13.9. The Hall–Kier alpha value is -1.75. The second kappa shape index (κ2) is 5.71. The lowest BCUT2D eigenvalue weighted by Gasteiger charge is -2.27. The van der Waals surface area contributed by atoms with E-state index in [4.69, 9.17) is 10.3 Å². The molecule has 1 saturated carbocycles. The molecular formula is C15H18FN3O. The first-order chi connectivity index (χ1) is 9.78. The smallest absolute Gasteiger partial charge is 0.230 e. The van der Waals surface area contributed by atoms with Crippen LogP contribution in [-0.4, -0.2) is 16.7 Å². The van der Waals surface area contributed by atoms with Gasteiger partial charge < -0.3 is 10.3 Å². The zero-order valence-electron chi connectivity index (χ0n) is 11.3. The number of nitrogens with two attached hydrogens (primary N) is 1. The Labute approximate surface area is 117 Å². The summed E-state index contributed by atoms with van der Waals surface area (Å²) in [6.07, 6.45) is 4.52. The van der Waals surface area contributed by atoms with Crippen LogP contribution < -0.4 is 5.73 Å². The monoisotopic (exact) mass is 275 g/mol. The van der Waals surface area contributed by atoms with E-state index in [9.17, 15) is 4.39 Å². The predicted octanol–water partition coefficient (Wildman–Crippen LogP) is 3.11. The third-order valence-corrected chi connectivity index (χ3v) is 4.05. The van der Waals surface area contributed by atoms with Crippen LogP contribution >= 0.6 is 0 Å². The van der Waals surface area contributed by atoms with Crippen molar-refractivity contribution in [2.75, 3.05) is 6.54 Å². The summed E-state index contributed by atoms with van der Waals surface area (Å²) in [6.45, 7) is 0.641. The van der Waals surface area contributed by atoms with Crippen LogP contribution in [-0.2, 0) is 0 Å². The first-order valence-electron chi connectivity index (χ1n) is 7.07. The molecular weight excluding hydrogens is 257 g/mol. The Balaban J connectivity index is 1.86. The fourth-order valence-corrected chi connectivity index (χ4v) is 2.95. The third kappa shape index (κ3) is 2.58. The van der Waals surface area contributed by atoms with Crippen LogP contribution in [0.5, 0.6) is 0 Å². The summed E-state index contributed by atoms with van der Waals surface area (Å²) in [4.78, 5) is 4.44. The maximum atomic E-state index is 13.2. The van der Waals surface area contributed by atoms with Gasteiger partial charge in [0, 0.05) is 11.5 Å². The maximum absolute atomic E-state index is 13.2. The highest BCUT2D eigenvalue weighted by atomic mass is 19.1. The van der Waals surface area contributed by atoms with Crippen molar-refractivity contribution in [2.24, 2.45) is 11.7 Å². The maximum Gasteiger partial charge on any atom is 0.230 e. The van der Waals surface area contributed by atoms with E-state index in [1.54, 1.807) is 12.1 Å². The van der Waals surface area contributed by atoms with E-state index in [0.717, 1.165) is 12.8 Å². The standard InChI is InChI=1S/C15H18FN3O/c16-12-6-3-5-10(8-12)14-18-15(20-19-14)13-7-2-1-4-11(13)9-17/h3,5-6,8,11,13H,1-2,4,7,9,17H2. The van der Waals surface area contributed by atoms with Crippen molar-refractivity contribution < 1.29 is 8.91 Å². The number of nitrogens with zero attached hydrogens (tertiary/aromatic N) is 2. The molecule has 5 heteroatoms. The van der Waals surface area contributed by atoms with Crippen molar-refractivity contribution in [1.29, 1.82) is 0 Å². The molecule has 1 aromatic carbocycles. The van der Waals surface area contributed by atoms with Gasteiger partial charge in [-0.15, -0.1) is 0 Å². The molecule has 0 saturated heterocycles. The van der Waals surface area contributed by atoms with Gasteiger partial charge in [-0.1, -0.05) is 30.1 Å². The van der Waals surface area contributed by atoms with Crippen molar-refractivity contribution in [2.45, 2.75) is 31.6 Å². The quantitative estimate of drug-likeness (QED) is 0.934. The van der Waals surface area contributed by atoms with Gasteiger partial charge >= 0.3 is 0 Å². The molecule has 2 aromatic rings. The molecule has 0 bridgehead atoms. The highest BCUT2D eigenvalue weighted by Crippen LogP contribution is 2.37. The second-order valence-corrected chi connectivity index (χ2v) is 5.35. The van der Waals surface area contributed by atoms with E-state index in [-0.39, 0.29) is 11.7 Å². The van der Waals surface area contributed by atoms with E-state index in [1.165, 1.54) is 25.0 Å². The minimum atomic E-state index is -0.300. The number of benzene rings is 1. The summed E-state index contributed by atoms with van der Waals surface area (Å²) < 4.78 is 18.6. The first-order valence-corrected chi connectivity index (χ1v) is 7.07. The fourth-order valence-electron chi connectivity index (χ4n) is 2.95. The summed E-state index contributed by atoms with van der Waals surface area (Å²) >= 11 is 0. The molecule has 2 unspecified atom stereocenters.